The summed E-state index contributed by atoms with van der Waals surface area (Å²) in [5, 5.41) is 0. The third kappa shape index (κ3) is 3.33. The van der Waals surface area contributed by atoms with Crippen LogP contribution in [0.25, 0.3) is 11.1 Å². The first-order valence-electron chi connectivity index (χ1n) is 5.32. The van der Waals surface area contributed by atoms with Crippen LogP contribution < -0.4 is 0 Å². The fourth-order valence-electron chi connectivity index (χ4n) is 1.77. The molecule has 18 heavy (non-hydrogen) atoms. The van der Waals surface area contributed by atoms with Gasteiger partial charge < -0.3 is 0 Å². The topological polar surface area (TPSA) is 0 Å². The van der Waals surface area contributed by atoms with Crippen molar-refractivity contribution < 1.29 is 0 Å². The molecule has 0 saturated heterocycles. The van der Waals surface area contributed by atoms with Crippen LogP contribution in [0.4, 0.5) is 0 Å². The zero-order chi connectivity index (χ0) is 13.4. The largest absolute Gasteiger partial charge is 0.0490 e. The maximum absolute atomic E-state index is 2.44. The lowest BCUT2D eigenvalue weighted by molar-refractivity contribution is 1.37. The molecule has 0 spiro atoms. The molecule has 0 fully saturated rings. The molecule has 2 aromatic rings. The van der Waals surface area contributed by atoms with Gasteiger partial charge in [-0.25, -0.2) is 0 Å². The third-order valence-corrected chi connectivity index (χ3v) is 6.70. The number of benzene rings is 2. The molecule has 0 aliphatic heterocycles. The van der Waals surface area contributed by atoms with Crippen LogP contribution in [0.5, 0.6) is 0 Å². The Morgan fingerprint density at radius 3 is 1.56 bits per heavy atom. The first-order chi connectivity index (χ1) is 8.40. The highest BCUT2D eigenvalue weighted by Crippen LogP contribution is 2.34. The van der Waals surface area contributed by atoms with Crippen molar-refractivity contribution in [1.82, 2.24) is 0 Å². The molecule has 0 saturated carbocycles. The van der Waals surface area contributed by atoms with E-state index in [2.05, 4.69) is 128 Å². The maximum atomic E-state index is 2.44. The van der Waals surface area contributed by atoms with Gasteiger partial charge in [-0.3, -0.25) is 0 Å². The fourth-order valence-corrected chi connectivity index (χ4v) is 6.24. The van der Waals surface area contributed by atoms with Gasteiger partial charge in [0.25, 0.3) is 0 Å². The molecule has 0 aliphatic rings. The first kappa shape index (κ1) is 15.7. The zero-order valence-electron chi connectivity index (χ0n) is 9.82. The average Bonchev–Trinajstić information content (AvgIpc) is 2.24. The highest BCUT2D eigenvalue weighted by atomic mass is 127. The summed E-state index contributed by atoms with van der Waals surface area (Å²) in [4.78, 5) is 0. The van der Waals surface area contributed by atoms with Crippen molar-refractivity contribution in [1.29, 1.82) is 0 Å². The Bertz CT molecular complexity index is 571. The highest BCUT2D eigenvalue weighted by molar-refractivity contribution is 14.1. The van der Waals surface area contributed by atoms with E-state index in [-0.39, 0.29) is 0 Å². The lowest BCUT2D eigenvalue weighted by atomic mass is 10.0. The molecule has 94 valence electrons. The quantitative estimate of drug-likeness (QED) is 0.306. The van der Waals surface area contributed by atoms with E-state index in [9.17, 15) is 0 Å². The summed E-state index contributed by atoms with van der Waals surface area (Å²) in [5.74, 6) is 0. The number of hydrogen-bond donors (Lipinski definition) is 0. The minimum Gasteiger partial charge on any atom is -0.0490 e. The van der Waals surface area contributed by atoms with E-state index in [0.29, 0.717) is 0 Å². The molecule has 0 aliphatic carbocycles. The van der Waals surface area contributed by atoms with Crippen molar-refractivity contribution in [3.8, 4) is 11.1 Å². The minimum atomic E-state index is 1.32. The molecule has 0 atom stereocenters. The molecule has 0 heterocycles. The second-order valence-corrected chi connectivity index (χ2v) is 8.82. The van der Waals surface area contributed by atoms with Gasteiger partial charge in [0.1, 0.15) is 0 Å². The van der Waals surface area contributed by atoms with Crippen molar-refractivity contribution in [2.75, 3.05) is 0 Å². The molecule has 0 bridgehead atoms. The van der Waals surface area contributed by atoms with Crippen LogP contribution in [0.1, 0.15) is 11.1 Å². The number of halogens is 4. The van der Waals surface area contributed by atoms with Gasteiger partial charge in [0.15, 0.2) is 0 Å². The summed E-state index contributed by atoms with van der Waals surface area (Å²) >= 11 is 9.72. The minimum absolute atomic E-state index is 1.32. The van der Waals surface area contributed by atoms with Crippen LogP contribution in [-0.4, -0.2) is 0 Å². The molecule has 4 heteroatoms. The van der Waals surface area contributed by atoms with Crippen molar-refractivity contribution in [2.45, 2.75) is 13.8 Å². The van der Waals surface area contributed by atoms with Gasteiger partial charge in [0.2, 0.25) is 0 Å². The van der Waals surface area contributed by atoms with E-state index in [0.717, 1.165) is 0 Å². The van der Waals surface area contributed by atoms with E-state index in [1.165, 1.54) is 36.5 Å². The fraction of sp³-hybridized carbons (Fsp3) is 0.143. The Hall–Kier alpha value is 1.36. The molecular formula is C14H10I4. The highest BCUT2D eigenvalue weighted by Gasteiger charge is 2.11. The van der Waals surface area contributed by atoms with Crippen LogP contribution in [0.2, 0.25) is 0 Å². The van der Waals surface area contributed by atoms with Crippen LogP contribution in [0.15, 0.2) is 24.3 Å². The van der Waals surface area contributed by atoms with Crippen molar-refractivity contribution in [3.63, 3.8) is 0 Å². The Balaban J connectivity index is 2.70. The zero-order valence-corrected chi connectivity index (χ0v) is 18.5. The number of hydrogen-bond acceptors (Lipinski definition) is 0. The molecule has 0 aromatic heterocycles. The molecule has 0 unspecified atom stereocenters. The summed E-state index contributed by atoms with van der Waals surface area (Å²) in [7, 11) is 0. The summed E-state index contributed by atoms with van der Waals surface area (Å²) in [5.41, 5.74) is 5.38. The standard InChI is InChI=1S/C14H10I4/c1-7-3-12(17)14(13(18)4-7)9-5-10(15)8(2)11(16)6-9/h3-6H,1-2H3. The van der Waals surface area contributed by atoms with Crippen molar-refractivity contribution in [3.05, 3.63) is 49.7 Å². The first-order valence-corrected chi connectivity index (χ1v) is 9.63. The van der Waals surface area contributed by atoms with Gasteiger partial charge >= 0.3 is 0 Å². The van der Waals surface area contributed by atoms with E-state index < -0.39 is 0 Å². The van der Waals surface area contributed by atoms with Crippen molar-refractivity contribution in [2.24, 2.45) is 0 Å². The predicted octanol–water partition coefficient (Wildman–Crippen LogP) is 6.39. The lowest BCUT2D eigenvalue weighted by Crippen LogP contribution is -1.93. The molecule has 0 N–H and O–H groups in total. The van der Waals surface area contributed by atoms with E-state index in [1.807, 2.05) is 0 Å². The van der Waals surface area contributed by atoms with E-state index in [4.69, 9.17) is 0 Å². The maximum Gasteiger partial charge on any atom is 0.0222 e. The molecular weight excluding hydrogens is 676 g/mol. The molecule has 2 rings (SSSR count). The summed E-state index contributed by atoms with van der Waals surface area (Å²) < 4.78 is 5.32. The van der Waals surface area contributed by atoms with Gasteiger partial charge in [-0.1, -0.05) is 0 Å². The van der Waals surface area contributed by atoms with Crippen LogP contribution in [0, 0.1) is 28.1 Å². The van der Waals surface area contributed by atoms with Gasteiger partial charge in [-0.2, -0.15) is 0 Å². The Labute approximate surface area is 162 Å². The predicted molar refractivity (Wildman–Crippen MR) is 112 cm³/mol. The lowest BCUT2D eigenvalue weighted by Gasteiger charge is -2.12. The third-order valence-electron chi connectivity index (χ3n) is 2.76. The summed E-state index contributed by atoms with van der Waals surface area (Å²) in [6.45, 7) is 4.33. The smallest absolute Gasteiger partial charge is 0.0222 e. The molecule has 2 aromatic carbocycles. The van der Waals surface area contributed by atoms with Gasteiger partial charge in [0.05, 0.1) is 0 Å². The average molecular weight is 686 g/mol. The summed E-state index contributed by atoms with van der Waals surface area (Å²) in [6, 6.07) is 9.06. The normalized spacial score (nSPS) is 10.8. The van der Waals surface area contributed by atoms with E-state index in [1.54, 1.807) is 0 Å². The van der Waals surface area contributed by atoms with Gasteiger partial charge in [0, 0.05) is 19.8 Å². The SMILES string of the molecule is Cc1cc(I)c(-c2cc(I)c(C)c(I)c2)c(I)c1. The molecule has 0 radical (unpaired) electrons. The number of aryl methyl sites for hydroxylation is 1. The molecule has 0 nitrogen and oxygen atoms in total. The van der Waals surface area contributed by atoms with Crippen molar-refractivity contribution >= 4 is 90.4 Å². The van der Waals surface area contributed by atoms with Crippen LogP contribution >= 0.6 is 90.4 Å². The Kier molecular flexibility index (Phi) is 5.61. The van der Waals surface area contributed by atoms with Gasteiger partial charge in [-0.05, 0) is 145 Å². The number of rotatable bonds is 1. The Morgan fingerprint density at radius 1 is 0.667 bits per heavy atom. The van der Waals surface area contributed by atoms with Gasteiger partial charge in [-0.15, -0.1) is 0 Å². The monoisotopic (exact) mass is 686 g/mol. The van der Waals surface area contributed by atoms with Crippen LogP contribution in [0.3, 0.4) is 0 Å². The molecule has 0 amide bonds. The van der Waals surface area contributed by atoms with Crippen LogP contribution in [-0.2, 0) is 0 Å². The van der Waals surface area contributed by atoms with E-state index >= 15 is 0 Å². The second-order valence-electron chi connectivity index (χ2n) is 4.17. The summed E-state index contributed by atoms with van der Waals surface area (Å²) in [6.07, 6.45) is 0. The second kappa shape index (κ2) is 6.42. The Morgan fingerprint density at radius 2 is 1.11 bits per heavy atom.